The lowest BCUT2D eigenvalue weighted by atomic mass is 9.84. The van der Waals surface area contributed by atoms with Crippen LogP contribution in [0.5, 0.6) is 0 Å². The molecule has 164 valence electrons. The van der Waals surface area contributed by atoms with Gasteiger partial charge in [-0.3, -0.25) is 14.4 Å². The van der Waals surface area contributed by atoms with Gasteiger partial charge in [-0.15, -0.1) is 11.3 Å². The number of piperazine rings is 1. The number of carbonyl (C=O) groups is 3. The van der Waals surface area contributed by atoms with Crippen LogP contribution in [0.1, 0.15) is 46.5 Å². The molecule has 2 saturated heterocycles. The zero-order valence-electron chi connectivity index (χ0n) is 17.9. The first-order chi connectivity index (χ1) is 14.9. The Kier molecular flexibility index (Phi) is 6.41. The molecule has 31 heavy (non-hydrogen) atoms. The third kappa shape index (κ3) is 5.15. The van der Waals surface area contributed by atoms with Crippen molar-refractivity contribution in [2.75, 3.05) is 26.2 Å². The van der Waals surface area contributed by atoms with E-state index < -0.39 is 0 Å². The minimum absolute atomic E-state index is 0.0489. The van der Waals surface area contributed by atoms with Gasteiger partial charge in [0.25, 0.3) is 5.91 Å². The van der Waals surface area contributed by atoms with Crippen LogP contribution in [0.4, 0.5) is 0 Å². The lowest BCUT2D eigenvalue weighted by Gasteiger charge is -2.36. The molecule has 0 aliphatic carbocycles. The van der Waals surface area contributed by atoms with Gasteiger partial charge < -0.3 is 15.1 Å². The summed E-state index contributed by atoms with van der Waals surface area (Å²) in [6, 6.07) is 12.1. The number of amides is 3. The van der Waals surface area contributed by atoms with E-state index in [9.17, 15) is 14.4 Å². The standard InChI is InChI=1S/C24H29N3O3S/c1-18-4-6-19(7-5-18)17-24(10-8-21(28)25-24)11-9-22(29)26-12-14-27(15-13-26)23(30)20-3-2-16-31-20/h2-7,16H,8-15,17H2,1H3,(H,25,28)/t24-/m1/s1. The number of carbonyl (C=O) groups excluding carboxylic acids is 3. The predicted octanol–water partition coefficient (Wildman–Crippen LogP) is 3.01. The first-order valence-corrected chi connectivity index (χ1v) is 11.8. The van der Waals surface area contributed by atoms with E-state index in [2.05, 4.69) is 36.5 Å². The molecule has 0 bridgehead atoms. The van der Waals surface area contributed by atoms with E-state index in [1.54, 1.807) is 0 Å². The third-order valence-electron chi connectivity index (χ3n) is 6.37. The molecule has 0 spiro atoms. The van der Waals surface area contributed by atoms with E-state index >= 15 is 0 Å². The summed E-state index contributed by atoms with van der Waals surface area (Å²) >= 11 is 1.45. The van der Waals surface area contributed by atoms with Crippen molar-refractivity contribution in [2.24, 2.45) is 0 Å². The number of benzene rings is 1. The Morgan fingerprint density at radius 1 is 1.06 bits per heavy atom. The molecular formula is C24H29N3O3S. The SMILES string of the molecule is Cc1ccc(C[C@]2(CCC(=O)N3CCN(C(=O)c4cccs4)CC3)CCC(=O)N2)cc1. The number of aryl methyl sites for hydroxylation is 1. The molecule has 2 aliphatic heterocycles. The molecule has 7 heteroatoms. The molecule has 3 amide bonds. The van der Waals surface area contributed by atoms with Crippen molar-refractivity contribution < 1.29 is 14.4 Å². The Morgan fingerprint density at radius 2 is 1.77 bits per heavy atom. The van der Waals surface area contributed by atoms with E-state index in [-0.39, 0.29) is 23.3 Å². The average Bonchev–Trinajstić information content (AvgIpc) is 3.44. The Bertz CT molecular complexity index is 933. The second-order valence-electron chi connectivity index (χ2n) is 8.64. The van der Waals surface area contributed by atoms with E-state index in [1.807, 2.05) is 27.3 Å². The van der Waals surface area contributed by atoms with E-state index in [1.165, 1.54) is 22.5 Å². The van der Waals surface area contributed by atoms with Gasteiger partial charge in [-0.2, -0.15) is 0 Å². The van der Waals surface area contributed by atoms with Gasteiger partial charge in [0.1, 0.15) is 0 Å². The van der Waals surface area contributed by atoms with Crippen LogP contribution in [0.2, 0.25) is 0 Å². The summed E-state index contributed by atoms with van der Waals surface area (Å²) in [5, 5.41) is 5.07. The Hall–Kier alpha value is -2.67. The summed E-state index contributed by atoms with van der Waals surface area (Å²) in [5.74, 6) is 0.223. The summed E-state index contributed by atoms with van der Waals surface area (Å²) in [5.41, 5.74) is 2.04. The van der Waals surface area contributed by atoms with Gasteiger partial charge in [0.15, 0.2) is 0 Å². The zero-order chi connectivity index (χ0) is 21.8. The maximum Gasteiger partial charge on any atom is 0.264 e. The lowest BCUT2D eigenvalue weighted by Crippen LogP contribution is -2.51. The predicted molar refractivity (Wildman–Crippen MR) is 121 cm³/mol. The molecular weight excluding hydrogens is 410 g/mol. The lowest BCUT2D eigenvalue weighted by molar-refractivity contribution is -0.133. The Labute approximate surface area is 187 Å². The van der Waals surface area contributed by atoms with Gasteiger partial charge in [0.05, 0.1) is 4.88 Å². The van der Waals surface area contributed by atoms with Crippen molar-refractivity contribution in [3.8, 4) is 0 Å². The van der Waals surface area contributed by atoms with E-state index in [0.717, 1.165) is 17.7 Å². The number of nitrogens with zero attached hydrogens (tertiary/aromatic N) is 2. The van der Waals surface area contributed by atoms with Crippen molar-refractivity contribution in [3.63, 3.8) is 0 Å². The maximum absolute atomic E-state index is 12.9. The molecule has 1 aromatic carbocycles. The van der Waals surface area contributed by atoms with Gasteiger partial charge in [0.2, 0.25) is 11.8 Å². The topological polar surface area (TPSA) is 69.7 Å². The highest BCUT2D eigenvalue weighted by Crippen LogP contribution is 2.30. The highest BCUT2D eigenvalue weighted by molar-refractivity contribution is 7.12. The van der Waals surface area contributed by atoms with Crippen LogP contribution in [0, 0.1) is 6.92 Å². The number of thiophene rings is 1. The molecule has 3 heterocycles. The second-order valence-corrected chi connectivity index (χ2v) is 9.59. The van der Waals surface area contributed by atoms with Gasteiger partial charge in [0, 0.05) is 44.6 Å². The molecule has 0 saturated carbocycles. The number of hydrogen-bond acceptors (Lipinski definition) is 4. The number of hydrogen-bond donors (Lipinski definition) is 1. The first-order valence-electron chi connectivity index (χ1n) is 10.9. The van der Waals surface area contributed by atoms with Crippen LogP contribution in [0.25, 0.3) is 0 Å². The molecule has 2 fully saturated rings. The maximum atomic E-state index is 12.9. The largest absolute Gasteiger partial charge is 0.350 e. The fourth-order valence-electron chi connectivity index (χ4n) is 4.50. The van der Waals surface area contributed by atoms with Crippen LogP contribution < -0.4 is 5.32 Å². The quantitative estimate of drug-likeness (QED) is 0.752. The Morgan fingerprint density at radius 3 is 2.39 bits per heavy atom. The monoisotopic (exact) mass is 439 g/mol. The second kappa shape index (κ2) is 9.22. The van der Waals surface area contributed by atoms with Crippen molar-refractivity contribution in [3.05, 3.63) is 57.8 Å². The van der Waals surface area contributed by atoms with Crippen LogP contribution >= 0.6 is 11.3 Å². The van der Waals surface area contributed by atoms with E-state index in [0.29, 0.717) is 45.4 Å². The number of nitrogens with one attached hydrogen (secondary N) is 1. The first kappa shape index (κ1) is 21.6. The summed E-state index contributed by atoms with van der Waals surface area (Å²) in [6.07, 6.45) is 3.07. The summed E-state index contributed by atoms with van der Waals surface area (Å²) in [4.78, 5) is 41.8. The van der Waals surface area contributed by atoms with Gasteiger partial charge in [-0.25, -0.2) is 0 Å². The minimum Gasteiger partial charge on any atom is -0.350 e. The molecule has 2 aromatic rings. The van der Waals surface area contributed by atoms with Crippen molar-refractivity contribution in [1.29, 1.82) is 0 Å². The average molecular weight is 440 g/mol. The van der Waals surface area contributed by atoms with Gasteiger partial charge >= 0.3 is 0 Å². The fraction of sp³-hybridized carbons (Fsp3) is 0.458. The van der Waals surface area contributed by atoms with Gasteiger partial charge in [-0.05, 0) is 43.2 Å². The zero-order valence-corrected chi connectivity index (χ0v) is 18.7. The summed E-state index contributed by atoms with van der Waals surface area (Å²) in [7, 11) is 0. The van der Waals surface area contributed by atoms with Crippen LogP contribution in [-0.2, 0) is 16.0 Å². The molecule has 4 rings (SSSR count). The van der Waals surface area contributed by atoms with Crippen LogP contribution in [0.3, 0.4) is 0 Å². The molecule has 6 nitrogen and oxygen atoms in total. The smallest absolute Gasteiger partial charge is 0.264 e. The highest BCUT2D eigenvalue weighted by atomic mass is 32.1. The van der Waals surface area contributed by atoms with Crippen molar-refractivity contribution >= 4 is 29.1 Å². The fourth-order valence-corrected chi connectivity index (χ4v) is 5.19. The van der Waals surface area contributed by atoms with Crippen LogP contribution in [0.15, 0.2) is 41.8 Å². The molecule has 2 aliphatic rings. The molecule has 0 radical (unpaired) electrons. The Balaban J connectivity index is 1.32. The normalized spacial score (nSPS) is 21.3. The molecule has 1 aromatic heterocycles. The van der Waals surface area contributed by atoms with E-state index in [4.69, 9.17) is 0 Å². The molecule has 1 atom stereocenters. The summed E-state index contributed by atoms with van der Waals surface area (Å²) in [6.45, 7) is 4.31. The van der Waals surface area contributed by atoms with Crippen LogP contribution in [-0.4, -0.2) is 59.2 Å². The third-order valence-corrected chi connectivity index (χ3v) is 7.23. The van der Waals surface area contributed by atoms with Gasteiger partial charge in [-0.1, -0.05) is 35.9 Å². The molecule has 0 unspecified atom stereocenters. The highest BCUT2D eigenvalue weighted by Gasteiger charge is 2.38. The van der Waals surface area contributed by atoms with Crippen molar-refractivity contribution in [2.45, 2.75) is 44.6 Å². The number of rotatable bonds is 6. The minimum atomic E-state index is -0.348. The molecule has 1 N–H and O–H groups in total. The summed E-state index contributed by atoms with van der Waals surface area (Å²) < 4.78 is 0. The van der Waals surface area contributed by atoms with Crippen molar-refractivity contribution in [1.82, 2.24) is 15.1 Å².